The van der Waals surface area contributed by atoms with Gasteiger partial charge in [0.2, 0.25) is 0 Å². The summed E-state index contributed by atoms with van der Waals surface area (Å²) in [6.07, 6.45) is 2.94. The molecule has 0 spiro atoms. The third-order valence-corrected chi connectivity index (χ3v) is 4.27. The lowest BCUT2D eigenvalue weighted by Gasteiger charge is -2.03. The molecule has 3 rings (SSSR count). The molecule has 24 heavy (non-hydrogen) atoms. The molecule has 0 radical (unpaired) electrons. The third kappa shape index (κ3) is 3.52. The molecule has 7 heteroatoms. The molecule has 0 aliphatic carbocycles. The molecule has 2 amide bonds. The number of aromatic nitrogens is 1. The molecule has 2 aromatic heterocycles. The fourth-order valence-corrected chi connectivity index (χ4v) is 3.06. The quantitative estimate of drug-likeness (QED) is 0.566. The van der Waals surface area contributed by atoms with Gasteiger partial charge in [0.25, 0.3) is 11.8 Å². The van der Waals surface area contributed by atoms with Crippen molar-refractivity contribution in [2.75, 3.05) is 0 Å². The Balaban J connectivity index is 1.59. The van der Waals surface area contributed by atoms with E-state index in [0.717, 1.165) is 15.2 Å². The second-order valence-electron chi connectivity index (χ2n) is 5.12. The predicted octanol–water partition coefficient (Wildman–Crippen LogP) is 2.98. The van der Waals surface area contributed by atoms with Crippen LogP contribution in [0.4, 0.5) is 0 Å². The van der Waals surface area contributed by atoms with Gasteiger partial charge in [0.1, 0.15) is 16.5 Å². The zero-order valence-corrected chi connectivity index (χ0v) is 13.9. The number of aryl methyl sites for hydroxylation is 2. The number of para-hydroxylation sites is 1. The number of benzene rings is 1. The molecule has 3 aromatic rings. The molecular formula is C17H15N3O3S. The number of carbonyl (C=O) groups excluding carboxylic acids is 2. The van der Waals surface area contributed by atoms with Gasteiger partial charge in [-0.2, -0.15) is 0 Å². The van der Waals surface area contributed by atoms with Crippen molar-refractivity contribution in [2.45, 2.75) is 13.8 Å². The highest BCUT2D eigenvalue weighted by Gasteiger charge is 2.13. The van der Waals surface area contributed by atoms with Gasteiger partial charge in [0, 0.05) is 6.08 Å². The molecule has 0 unspecified atom stereocenters. The molecule has 0 bridgehead atoms. The first-order chi connectivity index (χ1) is 11.5. The summed E-state index contributed by atoms with van der Waals surface area (Å²) in [7, 11) is 0. The van der Waals surface area contributed by atoms with E-state index in [2.05, 4.69) is 15.8 Å². The van der Waals surface area contributed by atoms with Crippen LogP contribution in [0, 0.1) is 13.8 Å². The van der Waals surface area contributed by atoms with Crippen LogP contribution in [0.15, 0.2) is 40.8 Å². The van der Waals surface area contributed by atoms with Gasteiger partial charge in [0.05, 0.1) is 15.8 Å². The number of fused-ring (bicyclic) bond motifs is 1. The van der Waals surface area contributed by atoms with Crippen molar-refractivity contribution in [3.05, 3.63) is 58.5 Å². The summed E-state index contributed by atoms with van der Waals surface area (Å²) in [6.45, 7) is 3.44. The maximum absolute atomic E-state index is 12.0. The van der Waals surface area contributed by atoms with E-state index in [0.29, 0.717) is 17.1 Å². The van der Waals surface area contributed by atoms with Crippen molar-refractivity contribution in [1.29, 1.82) is 0 Å². The second-order valence-corrected chi connectivity index (χ2v) is 6.19. The van der Waals surface area contributed by atoms with E-state index >= 15 is 0 Å². The lowest BCUT2D eigenvalue weighted by atomic mass is 10.2. The largest absolute Gasteiger partial charge is 0.466 e. The summed E-state index contributed by atoms with van der Waals surface area (Å²) < 4.78 is 6.33. The number of carbonyl (C=O) groups is 2. The first kappa shape index (κ1) is 15.9. The van der Waals surface area contributed by atoms with Crippen molar-refractivity contribution in [3.8, 4) is 0 Å². The van der Waals surface area contributed by atoms with Crippen LogP contribution in [0.25, 0.3) is 16.3 Å². The molecule has 0 atom stereocenters. The molecule has 0 saturated carbocycles. The van der Waals surface area contributed by atoms with E-state index in [1.807, 2.05) is 24.3 Å². The summed E-state index contributed by atoms with van der Waals surface area (Å²) in [5.74, 6) is 0.274. The summed E-state index contributed by atoms with van der Waals surface area (Å²) in [4.78, 5) is 28.1. The Kier molecular flexibility index (Phi) is 4.43. The minimum Gasteiger partial charge on any atom is -0.466 e. The molecule has 6 nitrogen and oxygen atoms in total. The third-order valence-electron chi connectivity index (χ3n) is 3.27. The van der Waals surface area contributed by atoms with Crippen LogP contribution in [0.5, 0.6) is 0 Å². The van der Waals surface area contributed by atoms with E-state index in [4.69, 9.17) is 4.42 Å². The minimum absolute atomic E-state index is 0.392. The summed E-state index contributed by atoms with van der Waals surface area (Å²) in [6, 6.07) is 9.36. The Bertz CT molecular complexity index is 907. The highest BCUT2D eigenvalue weighted by molar-refractivity contribution is 7.19. The average Bonchev–Trinajstić information content (AvgIpc) is 3.12. The van der Waals surface area contributed by atoms with E-state index < -0.39 is 11.8 Å². The topological polar surface area (TPSA) is 84.2 Å². The van der Waals surface area contributed by atoms with E-state index in [9.17, 15) is 9.59 Å². The zero-order valence-electron chi connectivity index (χ0n) is 13.1. The van der Waals surface area contributed by atoms with E-state index in [1.54, 1.807) is 26.0 Å². The van der Waals surface area contributed by atoms with Crippen LogP contribution >= 0.6 is 11.3 Å². The van der Waals surface area contributed by atoms with Gasteiger partial charge in [-0.1, -0.05) is 12.1 Å². The molecular weight excluding hydrogens is 326 g/mol. The molecule has 2 N–H and O–H groups in total. The summed E-state index contributed by atoms with van der Waals surface area (Å²) in [5, 5.41) is 0.721. The molecule has 2 heterocycles. The second kappa shape index (κ2) is 6.67. The van der Waals surface area contributed by atoms with E-state index in [1.165, 1.54) is 17.4 Å². The number of rotatable bonds is 3. The van der Waals surface area contributed by atoms with Crippen molar-refractivity contribution in [1.82, 2.24) is 15.8 Å². The highest BCUT2D eigenvalue weighted by atomic mass is 32.1. The van der Waals surface area contributed by atoms with Crippen molar-refractivity contribution in [2.24, 2.45) is 0 Å². The van der Waals surface area contributed by atoms with Crippen LogP contribution in [0.2, 0.25) is 0 Å². The van der Waals surface area contributed by atoms with Gasteiger partial charge in [-0.25, -0.2) is 4.98 Å². The van der Waals surface area contributed by atoms with Crippen LogP contribution < -0.4 is 10.9 Å². The highest BCUT2D eigenvalue weighted by Crippen LogP contribution is 2.22. The van der Waals surface area contributed by atoms with Crippen molar-refractivity contribution < 1.29 is 14.0 Å². The minimum atomic E-state index is -0.444. The van der Waals surface area contributed by atoms with E-state index in [-0.39, 0.29) is 0 Å². The molecule has 0 aliphatic rings. The molecule has 0 fully saturated rings. The van der Waals surface area contributed by atoms with Gasteiger partial charge in [0.15, 0.2) is 0 Å². The standard InChI is InChI=1S/C17H15N3O3S/c1-10-9-12(11(2)23-10)17(22)20-19-15(21)7-8-16-18-13-5-3-4-6-14(13)24-16/h3-9H,1-2H3,(H,19,21)(H,20,22). The first-order valence-electron chi connectivity index (χ1n) is 7.24. The average molecular weight is 341 g/mol. The molecule has 1 aromatic carbocycles. The predicted molar refractivity (Wildman–Crippen MR) is 92.4 cm³/mol. The monoisotopic (exact) mass is 341 g/mol. The number of hydrogen-bond acceptors (Lipinski definition) is 5. The lowest BCUT2D eigenvalue weighted by molar-refractivity contribution is -0.117. The number of furan rings is 1. The normalized spacial score (nSPS) is 11.1. The van der Waals surface area contributed by atoms with Gasteiger partial charge < -0.3 is 4.42 Å². The smallest absolute Gasteiger partial charge is 0.273 e. The molecule has 0 saturated heterocycles. The maximum Gasteiger partial charge on any atom is 0.273 e. The molecule has 122 valence electrons. The van der Waals surface area contributed by atoms with Crippen molar-refractivity contribution in [3.63, 3.8) is 0 Å². The van der Waals surface area contributed by atoms with Gasteiger partial charge >= 0.3 is 0 Å². The Labute approximate surface area is 142 Å². The number of hydrazine groups is 1. The van der Waals surface area contributed by atoms with Gasteiger partial charge in [-0.05, 0) is 38.1 Å². The number of amides is 2. The fraction of sp³-hybridized carbons (Fsp3) is 0.118. The van der Waals surface area contributed by atoms with Crippen LogP contribution in [0.1, 0.15) is 26.9 Å². The summed E-state index contributed by atoms with van der Waals surface area (Å²) in [5.41, 5.74) is 5.96. The number of thiazole rings is 1. The Hall–Kier alpha value is -2.93. The number of nitrogens with one attached hydrogen (secondary N) is 2. The Morgan fingerprint density at radius 3 is 2.71 bits per heavy atom. The first-order valence-corrected chi connectivity index (χ1v) is 8.05. The van der Waals surface area contributed by atoms with Crippen LogP contribution in [-0.4, -0.2) is 16.8 Å². The van der Waals surface area contributed by atoms with Crippen LogP contribution in [0.3, 0.4) is 0 Å². The SMILES string of the molecule is Cc1cc(C(=O)NNC(=O)C=Cc2nc3ccccc3s2)c(C)o1. The Morgan fingerprint density at radius 1 is 1.21 bits per heavy atom. The maximum atomic E-state index is 12.0. The zero-order chi connectivity index (χ0) is 17.1. The fourth-order valence-electron chi connectivity index (χ4n) is 2.19. The Morgan fingerprint density at radius 2 is 2.00 bits per heavy atom. The van der Waals surface area contributed by atoms with Crippen molar-refractivity contribution >= 4 is 39.4 Å². The summed E-state index contributed by atoms with van der Waals surface area (Å²) >= 11 is 1.49. The number of nitrogens with zero attached hydrogens (tertiary/aromatic N) is 1. The van der Waals surface area contributed by atoms with Gasteiger partial charge in [-0.15, -0.1) is 11.3 Å². The van der Waals surface area contributed by atoms with Crippen LogP contribution in [-0.2, 0) is 4.79 Å². The number of hydrogen-bond donors (Lipinski definition) is 2. The lowest BCUT2D eigenvalue weighted by Crippen LogP contribution is -2.40. The molecule has 0 aliphatic heterocycles. The van der Waals surface area contributed by atoms with Gasteiger partial charge in [-0.3, -0.25) is 20.4 Å².